The van der Waals surface area contributed by atoms with Crippen LogP contribution in [0.1, 0.15) is 166 Å². The Kier molecular flexibility index (Phi) is 36.0. The predicted molar refractivity (Wildman–Crippen MR) is 453 cm³/mol. The molecule has 112 heavy (non-hydrogen) atoms. The number of benzene rings is 7. The minimum atomic E-state index is 0.477. The molecule has 0 aliphatic carbocycles. The predicted octanol–water partition coefficient (Wildman–Crippen LogP) is 20.6. The monoisotopic (exact) mass is 1610 g/mol. The Bertz CT molecular complexity index is 4730. The normalized spacial score (nSPS) is 10.5. The maximum absolute atomic E-state index is 6.12. The zero-order chi connectivity index (χ0) is 80.0. The van der Waals surface area contributed by atoms with E-state index in [9.17, 15) is 0 Å². The number of rotatable bonds is 26. The van der Waals surface area contributed by atoms with E-state index in [2.05, 4.69) is 277 Å². The van der Waals surface area contributed by atoms with E-state index < -0.39 is 0 Å². The van der Waals surface area contributed by atoms with Crippen molar-refractivity contribution in [1.29, 1.82) is 0 Å². The molecule has 0 atom stereocenters. The first-order chi connectivity index (χ1) is 54.3. The summed E-state index contributed by atoms with van der Waals surface area (Å²) in [4.78, 5) is 0. The van der Waals surface area contributed by atoms with Gasteiger partial charge in [0.15, 0.2) is 0 Å². The van der Waals surface area contributed by atoms with Gasteiger partial charge in [0.25, 0.3) is 0 Å². The van der Waals surface area contributed by atoms with Crippen molar-refractivity contribution < 1.29 is 17.7 Å². The van der Waals surface area contributed by atoms with Crippen LogP contribution >= 0.6 is 57.2 Å². The fourth-order valence-corrected chi connectivity index (χ4v) is 13.1. The Balaban J connectivity index is 0.000000164. The molecule has 0 radical (unpaired) electrons. The molecule has 0 spiro atoms. The molecule has 0 fully saturated rings. The highest BCUT2D eigenvalue weighted by atomic mass is 35.5. The zero-order valence-corrected chi connectivity index (χ0v) is 69.7. The van der Waals surface area contributed by atoms with Crippen molar-refractivity contribution in [1.82, 2.24) is 71.4 Å². The summed E-state index contributed by atoms with van der Waals surface area (Å²) >= 11 is 16.9. The number of aryl methyl sites for hydroxylation is 9. The van der Waals surface area contributed by atoms with E-state index in [1.54, 1.807) is 50.5 Å². The highest BCUT2D eigenvalue weighted by Crippen LogP contribution is 2.34. The van der Waals surface area contributed by atoms with Crippen LogP contribution in [0.4, 0.5) is 39.8 Å². The molecule has 0 saturated heterocycles. The third kappa shape index (κ3) is 28.1. The number of para-hydroxylation sites is 5. The second kappa shape index (κ2) is 46.6. The molecule has 14 aromatic rings. The van der Waals surface area contributed by atoms with Gasteiger partial charge in [-0.1, -0.05) is 175 Å². The highest BCUT2D eigenvalue weighted by molar-refractivity contribution is 7.09. The molecule has 30 heteroatoms. The lowest BCUT2D eigenvalue weighted by Gasteiger charge is -2.20. The number of hydrogen-bond donors (Lipinski definition) is 7. The zero-order valence-electron chi connectivity index (χ0n) is 65.8. The van der Waals surface area contributed by atoms with Crippen LogP contribution in [-0.4, -0.2) is 71.4 Å². The summed E-state index contributed by atoms with van der Waals surface area (Å²) in [5, 5.41) is 81.0. The lowest BCUT2D eigenvalue weighted by Crippen LogP contribution is -2.07. The van der Waals surface area contributed by atoms with Crippen molar-refractivity contribution >= 4 is 97.0 Å². The van der Waals surface area contributed by atoms with Gasteiger partial charge in [0, 0.05) is 28.4 Å². The molecule has 7 N–H and O–H groups in total. The number of nitrogens with zero attached hydrogens (tertiary/aromatic N) is 14. The van der Waals surface area contributed by atoms with Crippen molar-refractivity contribution in [2.75, 3.05) is 37.2 Å². The second-order valence-corrected chi connectivity index (χ2v) is 29.5. The van der Waals surface area contributed by atoms with Gasteiger partial charge in [0.1, 0.15) is 31.6 Å². The van der Waals surface area contributed by atoms with Crippen LogP contribution in [0.5, 0.6) is 0 Å². The van der Waals surface area contributed by atoms with Gasteiger partial charge in [-0.2, -0.15) is 0 Å². The average molecular weight is 1610 g/mol. The van der Waals surface area contributed by atoms with Crippen LogP contribution < -0.4 is 37.2 Å². The minimum absolute atomic E-state index is 0.477. The molecule has 0 unspecified atom stereocenters. The summed E-state index contributed by atoms with van der Waals surface area (Å²) < 4.78 is 20.1. The second-order valence-electron chi connectivity index (χ2n) is 26.0. The SMILES string of the molecule is CC(C)c1cccc(C(C)C)c1NCc1nncs1.CCc1cccc(CC)c1NCc1nncs1.CCc1cccc(Cl)c1NCc1nnco1.Cc1ccc(C)c(NCc2nnco2)c1.Cc1cccc(C)c1NCc1nncs1.Cc1cccc(Cl)c1NCc1nnco1.Cc1cccc(NCc2nnco2)c1C. The largest absolute Gasteiger partial charge is 0.426 e. The number of nitrogens with one attached hydrogen (secondary N) is 7. The lowest BCUT2D eigenvalue weighted by atomic mass is 9.92. The molecule has 0 saturated carbocycles. The fourth-order valence-electron chi connectivity index (χ4n) is 11.2. The molecule has 0 bridgehead atoms. The summed E-state index contributed by atoms with van der Waals surface area (Å²) in [6.45, 7) is 34.2. The maximum atomic E-state index is 6.12. The molecule has 7 aromatic heterocycles. The van der Waals surface area contributed by atoms with Crippen LogP contribution in [0.25, 0.3) is 0 Å². The third-order valence-electron chi connectivity index (χ3n) is 17.3. The van der Waals surface area contributed by atoms with E-state index >= 15 is 0 Å². The maximum Gasteiger partial charge on any atom is 0.235 e. The Morgan fingerprint density at radius 1 is 0.330 bits per heavy atom. The van der Waals surface area contributed by atoms with E-state index in [1.807, 2.05) is 55.5 Å². The number of aromatic nitrogens is 14. The molecule has 0 aliphatic heterocycles. The first-order valence-electron chi connectivity index (χ1n) is 36.7. The topological polar surface area (TPSA) is 317 Å². The van der Waals surface area contributed by atoms with Gasteiger partial charge >= 0.3 is 0 Å². The van der Waals surface area contributed by atoms with Crippen LogP contribution in [0.2, 0.25) is 10.0 Å². The number of anilines is 7. The molecule has 7 aromatic carbocycles. The van der Waals surface area contributed by atoms with Gasteiger partial charge in [0.05, 0.1) is 67.2 Å². The molecule has 588 valence electrons. The van der Waals surface area contributed by atoms with Crippen LogP contribution in [0, 0.1) is 48.5 Å². The Labute approximate surface area is 677 Å². The smallest absolute Gasteiger partial charge is 0.235 e. The van der Waals surface area contributed by atoms with E-state index in [1.165, 1.54) is 104 Å². The summed E-state index contributed by atoms with van der Waals surface area (Å²) in [5.74, 6) is 3.29. The van der Waals surface area contributed by atoms with Crippen molar-refractivity contribution in [3.8, 4) is 0 Å². The van der Waals surface area contributed by atoms with Crippen molar-refractivity contribution in [3.05, 3.63) is 285 Å². The molecular formula is C82H99Cl2N21O4S3. The summed E-state index contributed by atoms with van der Waals surface area (Å²) in [7, 11) is 0. The molecule has 7 heterocycles. The molecular weight excluding hydrogens is 1510 g/mol. The molecule has 25 nitrogen and oxygen atoms in total. The number of hydrogen-bond acceptors (Lipinski definition) is 28. The lowest BCUT2D eigenvalue weighted by molar-refractivity contribution is 0.501. The van der Waals surface area contributed by atoms with Crippen molar-refractivity contribution in [3.63, 3.8) is 0 Å². The van der Waals surface area contributed by atoms with E-state index in [-0.39, 0.29) is 0 Å². The molecule has 0 amide bonds. The first kappa shape index (κ1) is 86.6. The standard InChI is InChI=1S/C15H21N3S.C13H17N3S.C11H12ClN3O.2C11H13N3O.C11H13N3S.C10H10ClN3O/c1-10(2)12-6-5-7-13(11(3)4)15(12)16-8-14-18-17-9-19-14;1-3-10-6-5-7-11(4-2)13(10)14-8-12-16-15-9-17-12;1-2-8-4-3-5-9(12)11(8)13-6-10-15-14-7-16-10;1-8-3-4-9(2)10(5-8)12-6-11-14-13-7-15-11;1-8-4-3-5-10(9(8)2)12-6-11-14-13-7-15-11;1-8-4-3-5-9(2)11(8)12-6-10-14-13-7-15-10;1-7-3-2-4-8(11)10(7)12-5-9-14-13-6-15-9/h5-7,9-11,16H,8H2,1-4H3;5-7,9,14H,3-4,8H2,1-2H3;3-5,7,13H,2,6H2,1H3;3*3-5,7,12H,6H2,1-2H3;2-4,6,12H,5H2,1H3. The van der Waals surface area contributed by atoms with Crippen LogP contribution in [-0.2, 0) is 65.1 Å². The average Bonchev–Trinajstić information content (AvgIpc) is 0.917. The first-order valence-corrected chi connectivity index (χ1v) is 40.1. The van der Waals surface area contributed by atoms with Gasteiger partial charge in [-0.05, 0) is 171 Å². The summed E-state index contributed by atoms with van der Waals surface area (Å²) in [6, 6.07) is 43.4. The van der Waals surface area contributed by atoms with Crippen LogP contribution in [0.3, 0.4) is 0 Å². The van der Waals surface area contributed by atoms with Gasteiger partial charge < -0.3 is 54.9 Å². The minimum Gasteiger partial charge on any atom is -0.426 e. The fraction of sp³-hybridized carbons (Fsp3) is 0.317. The van der Waals surface area contributed by atoms with E-state index in [4.69, 9.17) is 40.9 Å². The Morgan fingerprint density at radius 3 is 1.12 bits per heavy atom. The molecule has 14 rings (SSSR count). The Hall–Kier alpha value is -11.0. The Morgan fingerprint density at radius 2 is 0.688 bits per heavy atom. The molecule has 0 aliphatic rings. The van der Waals surface area contributed by atoms with Crippen LogP contribution in [0.15, 0.2) is 187 Å². The quantitative estimate of drug-likeness (QED) is 0.0265. The van der Waals surface area contributed by atoms with Crippen molar-refractivity contribution in [2.45, 2.75) is 174 Å². The highest BCUT2D eigenvalue weighted by Gasteiger charge is 2.15. The van der Waals surface area contributed by atoms with Gasteiger partial charge in [-0.3, -0.25) is 0 Å². The van der Waals surface area contributed by atoms with E-state index in [0.717, 1.165) is 82.2 Å². The summed E-state index contributed by atoms with van der Waals surface area (Å²) in [6.07, 6.45) is 8.30. The van der Waals surface area contributed by atoms with Gasteiger partial charge in [-0.25, -0.2) is 0 Å². The number of halogens is 2. The van der Waals surface area contributed by atoms with E-state index in [0.29, 0.717) is 71.6 Å². The van der Waals surface area contributed by atoms with Crippen molar-refractivity contribution in [2.24, 2.45) is 0 Å². The summed E-state index contributed by atoms with van der Waals surface area (Å²) in [5.41, 5.74) is 28.3. The van der Waals surface area contributed by atoms with Gasteiger partial charge in [0.2, 0.25) is 49.1 Å². The third-order valence-corrected chi connectivity index (χ3v) is 20.1. The van der Waals surface area contributed by atoms with Gasteiger partial charge in [-0.15, -0.1) is 105 Å².